The van der Waals surface area contributed by atoms with Gasteiger partial charge in [0.2, 0.25) is 20.9 Å². The van der Waals surface area contributed by atoms with Crippen molar-refractivity contribution in [3.63, 3.8) is 0 Å². The molecule has 8 nitrogen and oxygen atoms in total. The second-order valence-electron chi connectivity index (χ2n) is 9.14. The molecule has 0 saturated heterocycles. The maximum absolute atomic E-state index is 13.4. The lowest BCUT2D eigenvalue weighted by Crippen LogP contribution is -2.19. The number of esters is 1. The lowest BCUT2D eigenvalue weighted by molar-refractivity contribution is -0.141. The summed E-state index contributed by atoms with van der Waals surface area (Å²) in [5.41, 5.74) is -0.299. The lowest BCUT2D eigenvalue weighted by Gasteiger charge is -2.18. The number of thiophene rings is 2. The molecule has 1 atom stereocenters. The van der Waals surface area contributed by atoms with E-state index in [9.17, 15) is 31.2 Å². The number of alkyl halides is 3. The Morgan fingerprint density at radius 1 is 1.26 bits per heavy atom. The number of carbonyl (C=O) groups excluding carboxylic acids is 2. The molecule has 1 aliphatic rings. The van der Waals surface area contributed by atoms with E-state index in [2.05, 4.69) is 22.2 Å². The minimum absolute atomic E-state index is 0.147. The molecular formula is C25H26F3N3O5S3. The molecule has 210 valence electrons. The third kappa shape index (κ3) is 6.84. The van der Waals surface area contributed by atoms with Gasteiger partial charge >= 0.3 is 12.1 Å². The van der Waals surface area contributed by atoms with E-state index in [1.807, 2.05) is 0 Å². The van der Waals surface area contributed by atoms with Crippen molar-refractivity contribution in [3.8, 4) is 10.6 Å². The van der Waals surface area contributed by atoms with Gasteiger partial charge < -0.3 is 10.1 Å². The second-order valence-corrected chi connectivity index (χ2v) is 13.2. The Labute approximate surface area is 231 Å². The van der Waals surface area contributed by atoms with Crippen molar-refractivity contribution in [2.24, 2.45) is 5.92 Å². The van der Waals surface area contributed by atoms with Crippen molar-refractivity contribution in [1.29, 1.82) is 0 Å². The SMILES string of the molecule is CCOC(=O)c1c(NC(=O)CCCS(=O)(=O)c2nc(-c3cccs3)cc(C(F)(F)F)n2)sc2c1CC[C@@H](C)C2. The number of sulfone groups is 1. The number of ether oxygens (including phenoxy) is 1. The van der Waals surface area contributed by atoms with Crippen LogP contribution in [-0.4, -0.2) is 42.6 Å². The number of halogens is 3. The molecule has 4 rings (SSSR count). The van der Waals surface area contributed by atoms with Gasteiger partial charge in [-0.15, -0.1) is 22.7 Å². The van der Waals surface area contributed by atoms with Gasteiger partial charge in [-0.1, -0.05) is 13.0 Å². The minimum atomic E-state index is -4.87. The first-order valence-electron chi connectivity index (χ1n) is 12.2. The molecule has 0 aromatic carbocycles. The van der Waals surface area contributed by atoms with Gasteiger partial charge in [-0.05, 0) is 61.6 Å². The van der Waals surface area contributed by atoms with E-state index in [1.54, 1.807) is 18.4 Å². The summed E-state index contributed by atoms with van der Waals surface area (Å²) < 4.78 is 71.2. The fourth-order valence-corrected chi connectivity index (χ4v) is 7.50. The summed E-state index contributed by atoms with van der Waals surface area (Å²) in [5.74, 6) is -1.23. The number of hydrogen-bond donors (Lipinski definition) is 1. The highest BCUT2D eigenvalue weighted by Crippen LogP contribution is 2.40. The Bertz CT molecular complexity index is 1470. The fraction of sp³-hybridized carbons (Fsp3) is 0.440. The van der Waals surface area contributed by atoms with Crippen LogP contribution in [0.5, 0.6) is 0 Å². The van der Waals surface area contributed by atoms with E-state index >= 15 is 0 Å². The van der Waals surface area contributed by atoms with Crippen LogP contribution in [0.1, 0.15) is 59.6 Å². The number of rotatable bonds is 9. The molecule has 1 amide bonds. The summed E-state index contributed by atoms with van der Waals surface area (Å²) in [7, 11) is -4.33. The zero-order valence-electron chi connectivity index (χ0n) is 21.1. The number of nitrogens with one attached hydrogen (secondary N) is 1. The van der Waals surface area contributed by atoms with Crippen molar-refractivity contribution >= 4 is 49.4 Å². The molecule has 0 bridgehead atoms. The number of amides is 1. The topological polar surface area (TPSA) is 115 Å². The van der Waals surface area contributed by atoms with Gasteiger partial charge in [-0.3, -0.25) is 4.79 Å². The molecule has 14 heteroatoms. The molecule has 1 N–H and O–H groups in total. The van der Waals surface area contributed by atoms with E-state index < -0.39 is 44.5 Å². The lowest BCUT2D eigenvalue weighted by atomic mass is 9.88. The Morgan fingerprint density at radius 2 is 2.03 bits per heavy atom. The van der Waals surface area contributed by atoms with E-state index in [0.717, 1.165) is 34.6 Å². The summed E-state index contributed by atoms with van der Waals surface area (Å²) in [6, 6.07) is 3.85. The predicted molar refractivity (Wildman–Crippen MR) is 142 cm³/mol. The number of aromatic nitrogens is 2. The highest BCUT2D eigenvalue weighted by Gasteiger charge is 2.35. The second kappa shape index (κ2) is 11.7. The minimum Gasteiger partial charge on any atom is -0.462 e. The number of fused-ring (bicyclic) bond motifs is 1. The fourth-order valence-electron chi connectivity index (χ4n) is 4.22. The maximum Gasteiger partial charge on any atom is 0.433 e. The molecule has 3 aromatic rings. The van der Waals surface area contributed by atoms with Gasteiger partial charge in [0, 0.05) is 11.3 Å². The Balaban J connectivity index is 1.48. The summed E-state index contributed by atoms with van der Waals surface area (Å²) in [6.45, 7) is 3.98. The molecule has 0 saturated carbocycles. The summed E-state index contributed by atoms with van der Waals surface area (Å²) >= 11 is 2.43. The number of nitrogens with zero attached hydrogens (tertiary/aromatic N) is 2. The van der Waals surface area contributed by atoms with Crippen LogP contribution in [0, 0.1) is 5.92 Å². The highest BCUT2D eigenvalue weighted by molar-refractivity contribution is 7.91. The predicted octanol–water partition coefficient (Wildman–Crippen LogP) is 5.78. The van der Waals surface area contributed by atoms with Crippen LogP contribution in [0.2, 0.25) is 0 Å². The number of anilines is 1. The molecule has 0 unspecified atom stereocenters. The van der Waals surface area contributed by atoms with E-state index in [0.29, 0.717) is 33.8 Å². The van der Waals surface area contributed by atoms with Crippen molar-refractivity contribution < 1.29 is 35.9 Å². The molecule has 3 aromatic heterocycles. The summed E-state index contributed by atoms with van der Waals surface area (Å²) in [5, 5.41) is 3.77. The first kappa shape index (κ1) is 29.2. The van der Waals surface area contributed by atoms with Gasteiger partial charge in [-0.25, -0.2) is 23.2 Å². The zero-order valence-corrected chi connectivity index (χ0v) is 23.6. The zero-order chi connectivity index (χ0) is 28.4. The molecule has 0 fully saturated rings. The Morgan fingerprint density at radius 3 is 2.69 bits per heavy atom. The van der Waals surface area contributed by atoms with Crippen LogP contribution in [0.25, 0.3) is 10.6 Å². The monoisotopic (exact) mass is 601 g/mol. The quantitative estimate of drug-likeness (QED) is 0.244. The van der Waals surface area contributed by atoms with Gasteiger partial charge in [0.25, 0.3) is 0 Å². The van der Waals surface area contributed by atoms with Crippen LogP contribution in [0.15, 0.2) is 28.7 Å². The molecule has 3 heterocycles. The van der Waals surface area contributed by atoms with Crippen LogP contribution >= 0.6 is 22.7 Å². The van der Waals surface area contributed by atoms with Gasteiger partial charge in [-0.2, -0.15) is 13.2 Å². The first-order valence-corrected chi connectivity index (χ1v) is 15.6. The van der Waals surface area contributed by atoms with Crippen molar-refractivity contribution in [2.45, 2.75) is 57.3 Å². The maximum atomic E-state index is 13.4. The molecular weight excluding hydrogens is 575 g/mol. The summed E-state index contributed by atoms with van der Waals surface area (Å²) in [6.07, 6.45) is -2.90. The molecule has 0 aliphatic heterocycles. The van der Waals surface area contributed by atoms with E-state index in [1.165, 1.54) is 17.4 Å². The average molecular weight is 602 g/mol. The summed E-state index contributed by atoms with van der Waals surface area (Å²) in [4.78, 5) is 33.9. The molecule has 1 aliphatic carbocycles. The van der Waals surface area contributed by atoms with Crippen molar-refractivity contribution in [1.82, 2.24) is 9.97 Å². The van der Waals surface area contributed by atoms with Gasteiger partial charge in [0.1, 0.15) is 10.7 Å². The molecule has 0 spiro atoms. The van der Waals surface area contributed by atoms with Crippen molar-refractivity contribution in [3.05, 3.63) is 45.3 Å². The van der Waals surface area contributed by atoms with E-state index in [4.69, 9.17) is 4.74 Å². The number of carbonyl (C=O) groups is 2. The third-order valence-corrected chi connectivity index (χ3v) is 9.74. The van der Waals surface area contributed by atoms with Crippen LogP contribution in [-0.2, 0) is 38.4 Å². The molecule has 0 radical (unpaired) electrons. The first-order chi connectivity index (χ1) is 18.4. The van der Waals surface area contributed by atoms with Crippen LogP contribution < -0.4 is 5.32 Å². The van der Waals surface area contributed by atoms with E-state index in [-0.39, 0.29) is 25.1 Å². The standard InChI is InChI=1S/C25H26F3N3O5S3/c1-3-36-23(33)21-15-9-8-14(2)12-18(15)38-22(21)31-20(32)7-5-11-39(34,35)24-29-16(17-6-4-10-37-17)13-19(30-24)25(26,27)28/h4,6,10,13-14H,3,5,7-9,11-12H2,1-2H3,(H,31,32)/t14-/m1/s1. The van der Waals surface area contributed by atoms with Gasteiger partial charge in [0.15, 0.2) is 0 Å². The van der Waals surface area contributed by atoms with Crippen LogP contribution in [0.3, 0.4) is 0 Å². The molecule has 39 heavy (non-hydrogen) atoms. The largest absolute Gasteiger partial charge is 0.462 e. The van der Waals surface area contributed by atoms with Gasteiger partial charge in [0.05, 0.1) is 28.5 Å². The van der Waals surface area contributed by atoms with Crippen LogP contribution in [0.4, 0.5) is 18.2 Å². The highest BCUT2D eigenvalue weighted by atomic mass is 32.2. The third-order valence-electron chi connectivity index (χ3n) is 6.11. The normalized spacial score (nSPS) is 15.6. The smallest absolute Gasteiger partial charge is 0.433 e. The van der Waals surface area contributed by atoms with Crippen molar-refractivity contribution in [2.75, 3.05) is 17.7 Å². The number of hydrogen-bond acceptors (Lipinski definition) is 9. The Hall–Kier alpha value is -2.84. The average Bonchev–Trinajstić information content (AvgIpc) is 3.51. The Kier molecular flexibility index (Phi) is 8.76.